The van der Waals surface area contributed by atoms with Crippen LogP contribution in [0, 0.1) is 0 Å². The molecule has 0 aliphatic carbocycles. The first kappa shape index (κ1) is 18.0. The highest BCUT2D eigenvalue weighted by Gasteiger charge is 2.23. The minimum atomic E-state index is -0.220. The van der Waals surface area contributed by atoms with E-state index in [1.54, 1.807) is 0 Å². The lowest BCUT2D eigenvalue weighted by Gasteiger charge is -2.31. The Hall–Kier alpha value is -1.06. The van der Waals surface area contributed by atoms with Crippen molar-refractivity contribution < 1.29 is 9.84 Å². The molecule has 0 saturated heterocycles. The monoisotopic (exact) mass is 293 g/mol. The van der Waals surface area contributed by atoms with Crippen LogP contribution in [-0.4, -0.2) is 29.9 Å². The molecule has 0 aliphatic heterocycles. The normalized spacial score (nSPS) is 14.2. The molecule has 0 fully saturated rings. The molecule has 0 spiro atoms. The van der Waals surface area contributed by atoms with Gasteiger partial charge in [-0.3, -0.25) is 0 Å². The van der Waals surface area contributed by atoms with E-state index >= 15 is 0 Å². The van der Waals surface area contributed by atoms with Gasteiger partial charge in [0, 0.05) is 11.6 Å². The van der Waals surface area contributed by atoms with Crippen LogP contribution in [0.5, 0.6) is 5.75 Å². The number of hydrogen-bond donors (Lipinski definition) is 2. The molecular weight excluding hydrogens is 262 g/mol. The van der Waals surface area contributed by atoms with Crippen molar-refractivity contribution in [3.8, 4) is 5.75 Å². The largest absolute Gasteiger partial charge is 0.494 e. The van der Waals surface area contributed by atoms with Crippen LogP contribution in [0.2, 0.25) is 0 Å². The standard InChI is InChI=1S/C18H31NO2/c1-5-7-16-8-10-17(11-9-16)21-13-6-12-18(4,14-20)19-15(2)3/h8-11,15,19-20H,5-7,12-14H2,1-4H3. The van der Waals surface area contributed by atoms with Crippen molar-refractivity contribution in [2.45, 2.75) is 65.0 Å². The molecule has 1 unspecified atom stereocenters. The van der Waals surface area contributed by atoms with Crippen LogP contribution in [0.3, 0.4) is 0 Å². The van der Waals surface area contributed by atoms with Crippen LogP contribution in [0.15, 0.2) is 24.3 Å². The summed E-state index contributed by atoms with van der Waals surface area (Å²) >= 11 is 0. The third-order valence-electron chi connectivity index (χ3n) is 3.59. The van der Waals surface area contributed by atoms with Crippen molar-refractivity contribution in [3.63, 3.8) is 0 Å². The summed E-state index contributed by atoms with van der Waals surface area (Å²) in [5.74, 6) is 0.928. The van der Waals surface area contributed by atoms with E-state index in [0.29, 0.717) is 12.6 Å². The Labute approximate surface area is 129 Å². The van der Waals surface area contributed by atoms with Gasteiger partial charge in [-0.15, -0.1) is 0 Å². The molecule has 0 bridgehead atoms. The van der Waals surface area contributed by atoms with Gasteiger partial charge in [0.1, 0.15) is 5.75 Å². The summed E-state index contributed by atoms with van der Waals surface area (Å²) in [5, 5.41) is 12.9. The van der Waals surface area contributed by atoms with E-state index < -0.39 is 0 Å². The lowest BCUT2D eigenvalue weighted by atomic mass is 9.96. The number of benzene rings is 1. The molecule has 1 rings (SSSR count). The van der Waals surface area contributed by atoms with Gasteiger partial charge in [0.05, 0.1) is 13.2 Å². The highest BCUT2D eigenvalue weighted by atomic mass is 16.5. The van der Waals surface area contributed by atoms with E-state index in [4.69, 9.17) is 4.74 Å². The van der Waals surface area contributed by atoms with Crippen molar-refractivity contribution >= 4 is 0 Å². The highest BCUT2D eigenvalue weighted by Crippen LogP contribution is 2.16. The first-order valence-electron chi connectivity index (χ1n) is 8.09. The Balaban J connectivity index is 2.32. The molecule has 0 aromatic heterocycles. The van der Waals surface area contributed by atoms with E-state index in [0.717, 1.165) is 25.0 Å². The molecule has 0 saturated carbocycles. The van der Waals surface area contributed by atoms with Crippen LogP contribution in [0.1, 0.15) is 52.5 Å². The van der Waals surface area contributed by atoms with Gasteiger partial charge in [-0.25, -0.2) is 0 Å². The van der Waals surface area contributed by atoms with Gasteiger partial charge in [0.15, 0.2) is 0 Å². The number of aryl methyl sites for hydroxylation is 1. The number of ether oxygens (including phenoxy) is 1. The molecule has 1 aromatic carbocycles. The summed E-state index contributed by atoms with van der Waals surface area (Å²) in [7, 11) is 0. The quantitative estimate of drug-likeness (QED) is 0.648. The first-order chi connectivity index (χ1) is 9.99. The minimum absolute atomic E-state index is 0.150. The van der Waals surface area contributed by atoms with E-state index in [1.165, 1.54) is 12.0 Å². The molecule has 3 nitrogen and oxygen atoms in total. The van der Waals surface area contributed by atoms with Gasteiger partial charge in [-0.2, -0.15) is 0 Å². The van der Waals surface area contributed by atoms with Crippen molar-refractivity contribution in [2.75, 3.05) is 13.2 Å². The molecule has 2 N–H and O–H groups in total. The van der Waals surface area contributed by atoms with Crippen molar-refractivity contribution in [1.29, 1.82) is 0 Å². The Morgan fingerprint density at radius 2 is 1.90 bits per heavy atom. The number of aliphatic hydroxyl groups is 1. The summed E-state index contributed by atoms with van der Waals surface area (Å²) in [6, 6.07) is 8.73. The Kier molecular flexibility index (Phi) is 7.76. The molecule has 0 heterocycles. The van der Waals surface area contributed by atoms with Gasteiger partial charge in [-0.1, -0.05) is 39.3 Å². The number of rotatable bonds is 10. The Morgan fingerprint density at radius 1 is 1.24 bits per heavy atom. The molecule has 1 atom stereocenters. The fraction of sp³-hybridized carbons (Fsp3) is 0.667. The second-order valence-electron chi connectivity index (χ2n) is 6.36. The average molecular weight is 293 g/mol. The predicted octanol–water partition coefficient (Wildman–Crippen LogP) is 3.55. The van der Waals surface area contributed by atoms with Crippen LogP contribution in [0.25, 0.3) is 0 Å². The molecule has 0 aliphatic rings. The van der Waals surface area contributed by atoms with Crippen LogP contribution < -0.4 is 10.1 Å². The van der Waals surface area contributed by atoms with Gasteiger partial charge in [-0.05, 0) is 43.9 Å². The summed E-state index contributed by atoms with van der Waals surface area (Å²) in [6.07, 6.45) is 4.11. The summed E-state index contributed by atoms with van der Waals surface area (Å²) in [4.78, 5) is 0. The van der Waals surface area contributed by atoms with E-state index in [2.05, 4.69) is 45.1 Å². The molecule has 1 aromatic rings. The van der Waals surface area contributed by atoms with Crippen molar-refractivity contribution in [1.82, 2.24) is 5.32 Å². The van der Waals surface area contributed by atoms with Gasteiger partial charge >= 0.3 is 0 Å². The zero-order valence-corrected chi connectivity index (χ0v) is 14.0. The number of aliphatic hydroxyl groups excluding tert-OH is 1. The van der Waals surface area contributed by atoms with E-state index in [9.17, 15) is 5.11 Å². The third kappa shape index (κ3) is 6.96. The van der Waals surface area contributed by atoms with Crippen LogP contribution >= 0.6 is 0 Å². The zero-order chi connectivity index (χ0) is 15.7. The average Bonchev–Trinajstić information content (AvgIpc) is 2.45. The van der Waals surface area contributed by atoms with Crippen molar-refractivity contribution in [2.24, 2.45) is 0 Å². The van der Waals surface area contributed by atoms with Gasteiger partial charge in [0.25, 0.3) is 0 Å². The maximum Gasteiger partial charge on any atom is 0.119 e. The maximum atomic E-state index is 9.53. The van der Waals surface area contributed by atoms with E-state index in [1.807, 2.05) is 12.1 Å². The Morgan fingerprint density at radius 3 is 2.43 bits per heavy atom. The fourth-order valence-corrected chi connectivity index (χ4v) is 2.59. The third-order valence-corrected chi connectivity index (χ3v) is 3.59. The topological polar surface area (TPSA) is 41.5 Å². The molecule has 120 valence electrons. The van der Waals surface area contributed by atoms with Crippen molar-refractivity contribution in [3.05, 3.63) is 29.8 Å². The first-order valence-corrected chi connectivity index (χ1v) is 8.09. The molecule has 3 heteroatoms. The highest BCUT2D eigenvalue weighted by molar-refractivity contribution is 5.27. The number of nitrogens with one attached hydrogen (secondary N) is 1. The van der Waals surface area contributed by atoms with Crippen LogP contribution in [0.4, 0.5) is 0 Å². The second kappa shape index (κ2) is 9.06. The van der Waals surface area contributed by atoms with E-state index in [-0.39, 0.29) is 12.1 Å². The smallest absolute Gasteiger partial charge is 0.119 e. The minimum Gasteiger partial charge on any atom is -0.494 e. The summed E-state index contributed by atoms with van der Waals surface area (Å²) in [5.41, 5.74) is 1.14. The zero-order valence-electron chi connectivity index (χ0n) is 14.0. The Bertz CT molecular complexity index is 389. The lowest BCUT2D eigenvalue weighted by Crippen LogP contribution is -2.49. The maximum absolute atomic E-state index is 9.53. The predicted molar refractivity (Wildman–Crippen MR) is 88.9 cm³/mol. The number of hydrogen-bond acceptors (Lipinski definition) is 3. The molecule has 21 heavy (non-hydrogen) atoms. The van der Waals surface area contributed by atoms with Gasteiger partial charge < -0.3 is 15.2 Å². The van der Waals surface area contributed by atoms with Crippen LogP contribution in [-0.2, 0) is 6.42 Å². The second-order valence-corrected chi connectivity index (χ2v) is 6.36. The molecule has 0 amide bonds. The van der Waals surface area contributed by atoms with Gasteiger partial charge in [0.2, 0.25) is 0 Å². The SMILES string of the molecule is CCCc1ccc(OCCCC(C)(CO)NC(C)C)cc1. The lowest BCUT2D eigenvalue weighted by molar-refractivity contribution is 0.147. The summed E-state index contributed by atoms with van der Waals surface area (Å²) in [6.45, 7) is 9.28. The summed E-state index contributed by atoms with van der Waals surface area (Å²) < 4.78 is 5.77. The molecule has 0 radical (unpaired) electrons. The molecular formula is C18H31NO2. The fourth-order valence-electron chi connectivity index (χ4n) is 2.59.